The molecular formula is C15H18ClF5O3S. The second-order valence-corrected chi connectivity index (χ2v) is 5.02. The topological polar surface area (TPSA) is 35.5 Å². The molecule has 0 saturated carbocycles. The standard InChI is InChI=1S/C15H13ClO3S.5FH/c1-2-18-12-9-7-11(8-10-12)15(17)19-20-14-6-4-3-5-13(14)16;;;;;/h3-10H,2H2,1H3;5*1H. The highest BCUT2D eigenvalue weighted by atomic mass is 35.5. The Hall–Kier alpha value is -2.00. The maximum Gasteiger partial charge on any atom is 0.350 e. The lowest BCUT2D eigenvalue weighted by atomic mass is 10.2. The Kier molecular flexibility index (Phi) is 19.1. The molecule has 10 heteroatoms. The van der Waals surface area contributed by atoms with Crippen LogP contribution in [0.25, 0.3) is 0 Å². The molecule has 2 rings (SSSR count). The highest BCUT2D eigenvalue weighted by Gasteiger charge is 2.10. The fraction of sp³-hybridized carbons (Fsp3) is 0.133. The number of halogens is 6. The molecule has 0 amide bonds. The molecule has 0 aromatic heterocycles. The van der Waals surface area contributed by atoms with Crippen molar-refractivity contribution in [2.75, 3.05) is 6.61 Å². The van der Waals surface area contributed by atoms with Crippen LogP contribution in [0.1, 0.15) is 17.3 Å². The summed E-state index contributed by atoms with van der Waals surface area (Å²) in [5, 5.41) is 0.553. The van der Waals surface area contributed by atoms with Gasteiger partial charge in [0.2, 0.25) is 0 Å². The number of carbonyl (C=O) groups excluding carboxylic acids is 1. The molecule has 2 aromatic carbocycles. The summed E-state index contributed by atoms with van der Waals surface area (Å²) < 4.78 is 10.5. The summed E-state index contributed by atoms with van der Waals surface area (Å²) in [6.07, 6.45) is 0. The van der Waals surface area contributed by atoms with Crippen LogP contribution in [0.3, 0.4) is 0 Å². The highest BCUT2D eigenvalue weighted by molar-refractivity contribution is 7.95. The Morgan fingerprint density at radius 1 is 0.960 bits per heavy atom. The number of ether oxygens (including phenoxy) is 1. The van der Waals surface area contributed by atoms with E-state index in [1.807, 2.05) is 19.1 Å². The van der Waals surface area contributed by atoms with E-state index in [0.29, 0.717) is 22.1 Å². The molecule has 0 aliphatic rings. The molecule has 0 radical (unpaired) electrons. The van der Waals surface area contributed by atoms with E-state index < -0.39 is 5.97 Å². The van der Waals surface area contributed by atoms with Gasteiger partial charge in [-0.25, -0.2) is 4.79 Å². The van der Waals surface area contributed by atoms with Crippen LogP contribution in [-0.2, 0) is 4.18 Å². The summed E-state index contributed by atoms with van der Waals surface area (Å²) in [4.78, 5) is 12.6. The van der Waals surface area contributed by atoms with Crippen LogP contribution in [0.15, 0.2) is 53.4 Å². The van der Waals surface area contributed by atoms with Crippen LogP contribution in [0.4, 0.5) is 23.5 Å². The van der Waals surface area contributed by atoms with Gasteiger partial charge in [-0.05, 0) is 43.3 Å². The van der Waals surface area contributed by atoms with Gasteiger partial charge in [-0.1, -0.05) is 23.7 Å². The third-order valence-electron chi connectivity index (χ3n) is 2.44. The van der Waals surface area contributed by atoms with Crippen LogP contribution in [0.5, 0.6) is 5.75 Å². The average molecular weight is 409 g/mol. The number of carbonyl (C=O) groups is 1. The fourth-order valence-corrected chi connectivity index (χ4v) is 2.27. The maximum absolute atomic E-state index is 11.9. The van der Waals surface area contributed by atoms with Crippen LogP contribution in [-0.4, -0.2) is 12.6 Å². The summed E-state index contributed by atoms with van der Waals surface area (Å²) in [5.74, 6) is 0.306. The van der Waals surface area contributed by atoms with Crippen molar-refractivity contribution in [2.45, 2.75) is 11.8 Å². The summed E-state index contributed by atoms with van der Waals surface area (Å²) in [6.45, 7) is 2.49. The van der Waals surface area contributed by atoms with Crippen molar-refractivity contribution in [3.8, 4) is 5.75 Å². The average Bonchev–Trinajstić information content (AvgIpc) is 2.47. The molecular weight excluding hydrogens is 391 g/mol. The van der Waals surface area contributed by atoms with Crippen LogP contribution < -0.4 is 4.74 Å². The molecule has 0 aliphatic carbocycles. The molecule has 0 heterocycles. The van der Waals surface area contributed by atoms with Crippen molar-refractivity contribution < 1.29 is 37.2 Å². The van der Waals surface area contributed by atoms with Gasteiger partial charge in [0.05, 0.1) is 34.1 Å². The minimum absolute atomic E-state index is 0. The van der Waals surface area contributed by atoms with E-state index in [2.05, 4.69) is 0 Å². The van der Waals surface area contributed by atoms with E-state index >= 15 is 0 Å². The largest absolute Gasteiger partial charge is 0.494 e. The first-order chi connectivity index (χ1) is 9.70. The van der Waals surface area contributed by atoms with E-state index in [-0.39, 0.29) is 23.5 Å². The zero-order valence-electron chi connectivity index (χ0n) is 12.9. The van der Waals surface area contributed by atoms with Gasteiger partial charge in [-0.2, -0.15) is 0 Å². The van der Waals surface area contributed by atoms with Crippen molar-refractivity contribution in [2.24, 2.45) is 0 Å². The summed E-state index contributed by atoms with van der Waals surface area (Å²) in [5.41, 5.74) is 0.466. The first-order valence-corrected chi connectivity index (χ1v) is 7.19. The Morgan fingerprint density at radius 3 is 2.04 bits per heavy atom. The predicted molar refractivity (Wildman–Crippen MR) is 92.9 cm³/mol. The lowest BCUT2D eigenvalue weighted by molar-refractivity contribution is 0.0768. The maximum atomic E-state index is 11.9. The number of hydrogen-bond acceptors (Lipinski definition) is 4. The Labute approximate surface area is 150 Å². The molecule has 0 spiro atoms. The smallest absolute Gasteiger partial charge is 0.350 e. The molecule has 0 N–H and O–H groups in total. The molecule has 144 valence electrons. The van der Waals surface area contributed by atoms with E-state index in [0.717, 1.165) is 17.8 Å². The van der Waals surface area contributed by atoms with E-state index in [9.17, 15) is 4.79 Å². The van der Waals surface area contributed by atoms with Crippen molar-refractivity contribution in [1.29, 1.82) is 0 Å². The van der Waals surface area contributed by atoms with E-state index in [4.69, 9.17) is 20.5 Å². The monoisotopic (exact) mass is 408 g/mol. The predicted octanol–water partition coefficient (Wildman–Crippen LogP) is 5.37. The van der Waals surface area contributed by atoms with Crippen molar-refractivity contribution in [1.82, 2.24) is 0 Å². The molecule has 25 heavy (non-hydrogen) atoms. The molecule has 0 unspecified atom stereocenters. The zero-order valence-corrected chi connectivity index (χ0v) is 14.5. The summed E-state index contributed by atoms with van der Waals surface area (Å²) in [6, 6.07) is 14.0. The molecule has 0 fully saturated rings. The van der Waals surface area contributed by atoms with Gasteiger partial charge in [-0.3, -0.25) is 23.5 Å². The molecule has 2 aromatic rings. The van der Waals surface area contributed by atoms with E-state index in [1.165, 1.54) is 0 Å². The Morgan fingerprint density at radius 2 is 1.52 bits per heavy atom. The molecule has 0 atom stereocenters. The number of benzene rings is 2. The summed E-state index contributed by atoms with van der Waals surface area (Å²) >= 11 is 6.93. The quantitative estimate of drug-likeness (QED) is 0.492. The van der Waals surface area contributed by atoms with Crippen molar-refractivity contribution >= 4 is 29.6 Å². The third-order valence-corrected chi connectivity index (χ3v) is 3.66. The van der Waals surface area contributed by atoms with Gasteiger partial charge in [0.25, 0.3) is 0 Å². The van der Waals surface area contributed by atoms with Crippen molar-refractivity contribution in [3.05, 3.63) is 59.1 Å². The number of rotatable bonds is 5. The fourth-order valence-electron chi connectivity index (χ4n) is 1.50. The minimum atomic E-state index is -0.419. The van der Waals surface area contributed by atoms with Crippen LogP contribution >= 0.6 is 23.6 Å². The van der Waals surface area contributed by atoms with Gasteiger partial charge in [0.1, 0.15) is 5.75 Å². The first kappa shape index (κ1) is 30.8. The summed E-state index contributed by atoms with van der Waals surface area (Å²) in [7, 11) is 0. The lowest BCUT2D eigenvalue weighted by Gasteiger charge is -2.05. The normalized spacial score (nSPS) is 8.08. The second-order valence-electron chi connectivity index (χ2n) is 3.84. The van der Waals surface area contributed by atoms with E-state index in [1.54, 1.807) is 36.4 Å². The second kappa shape index (κ2) is 15.5. The molecule has 0 saturated heterocycles. The van der Waals surface area contributed by atoms with Gasteiger partial charge in [-0.15, -0.1) is 0 Å². The van der Waals surface area contributed by atoms with Gasteiger partial charge < -0.3 is 8.92 Å². The van der Waals surface area contributed by atoms with Crippen LogP contribution in [0.2, 0.25) is 5.02 Å². The Balaban J connectivity index is -0.000000441. The lowest BCUT2D eigenvalue weighted by Crippen LogP contribution is -2.00. The first-order valence-electron chi connectivity index (χ1n) is 6.07. The molecule has 3 nitrogen and oxygen atoms in total. The van der Waals surface area contributed by atoms with Gasteiger partial charge in [0.15, 0.2) is 0 Å². The molecule has 0 aliphatic heterocycles. The highest BCUT2D eigenvalue weighted by Crippen LogP contribution is 2.28. The third kappa shape index (κ3) is 9.16. The van der Waals surface area contributed by atoms with Gasteiger partial charge in [0, 0.05) is 0 Å². The minimum Gasteiger partial charge on any atom is -0.494 e. The zero-order chi connectivity index (χ0) is 14.4. The SMILES string of the molecule is CCOc1ccc(C(=O)OSc2ccccc2Cl)cc1.F.F.F.F.F. The Bertz CT molecular complexity index is 602. The molecule has 0 bridgehead atoms. The number of hydrogen-bond donors (Lipinski definition) is 0. The van der Waals surface area contributed by atoms with Gasteiger partial charge >= 0.3 is 5.97 Å². The van der Waals surface area contributed by atoms with Crippen molar-refractivity contribution in [3.63, 3.8) is 0 Å². The van der Waals surface area contributed by atoms with Crippen LogP contribution in [0, 0.1) is 0 Å².